The minimum atomic E-state index is -0.159. The Morgan fingerprint density at radius 1 is 1.50 bits per heavy atom. The van der Waals surface area contributed by atoms with Crippen LogP contribution in [0.5, 0.6) is 0 Å². The summed E-state index contributed by atoms with van der Waals surface area (Å²) in [7, 11) is 0. The van der Waals surface area contributed by atoms with E-state index in [2.05, 4.69) is 30.0 Å². The van der Waals surface area contributed by atoms with Gasteiger partial charge in [0.25, 0.3) is 0 Å². The standard InChI is InChI=1S/C14H19N3O/c1-5-7-12-9-15-13(17(12)8-6-2)10-16-14(18)11(3)4/h5-6,9H,1-3,7-8,10H2,4H3,(H,16,18). The van der Waals surface area contributed by atoms with E-state index >= 15 is 0 Å². The van der Waals surface area contributed by atoms with Crippen molar-refractivity contribution in [3.63, 3.8) is 0 Å². The fourth-order valence-corrected chi connectivity index (χ4v) is 1.57. The number of aromatic nitrogens is 2. The van der Waals surface area contributed by atoms with E-state index in [9.17, 15) is 4.79 Å². The second kappa shape index (κ2) is 6.59. The topological polar surface area (TPSA) is 46.9 Å². The molecule has 0 aliphatic heterocycles. The molecule has 1 amide bonds. The van der Waals surface area contributed by atoms with Gasteiger partial charge in [-0.25, -0.2) is 4.98 Å². The van der Waals surface area contributed by atoms with Gasteiger partial charge in [0, 0.05) is 30.4 Å². The van der Waals surface area contributed by atoms with Gasteiger partial charge >= 0.3 is 0 Å². The van der Waals surface area contributed by atoms with Crippen molar-refractivity contribution in [2.24, 2.45) is 0 Å². The van der Waals surface area contributed by atoms with E-state index in [4.69, 9.17) is 0 Å². The second-order valence-electron chi connectivity index (χ2n) is 4.02. The highest BCUT2D eigenvalue weighted by molar-refractivity contribution is 5.91. The quantitative estimate of drug-likeness (QED) is 0.590. The molecular weight excluding hydrogens is 226 g/mol. The zero-order valence-electron chi connectivity index (χ0n) is 10.8. The van der Waals surface area contributed by atoms with Crippen LogP contribution in [0.15, 0.2) is 43.7 Å². The van der Waals surface area contributed by atoms with Crippen LogP contribution in [0.2, 0.25) is 0 Å². The number of hydrogen-bond donors (Lipinski definition) is 1. The minimum absolute atomic E-state index is 0.159. The van der Waals surface area contributed by atoms with Gasteiger partial charge in [-0.2, -0.15) is 0 Å². The summed E-state index contributed by atoms with van der Waals surface area (Å²) in [5.74, 6) is 0.648. The second-order valence-corrected chi connectivity index (χ2v) is 4.02. The van der Waals surface area contributed by atoms with Crippen molar-refractivity contribution in [1.82, 2.24) is 14.9 Å². The van der Waals surface area contributed by atoms with Gasteiger partial charge in [-0.15, -0.1) is 13.2 Å². The van der Waals surface area contributed by atoms with Gasteiger partial charge in [0.1, 0.15) is 5.82 Å². The Hall–Kier alpha value is -2.10. The molecule has 0 unspecified atom stereocenters. The lowest BCUT2D eigenvalue weighted by atomic mass is 10.3. The molecular formula is C14H19N3O. The summed E-state index contributed by atoms with van der Waals surface area (Å²) in [5.41, 5.74) is 1.55. The van der Waals surface area contributed by atoms with E-state index in [1.807, 2.05) is 10.6 Å². The molecule has 1 heterocycles. The normalized spacial score (nSPS) is 9.83. The molecule has 18 heavy (non-hydrogen) atoms. The first kappa shape index (κ1) is 14.0. The van der Waals surface area contributed by atoms with E-state index < -0.39 is 0 Å². The molecule has 1 aromatic rings. The zero-order valence-corrected chi connectivity index (χ0v) is 10.8. The molecule has 0 spiro atoms. The van der Waals surface area contributed by atoms with E-state index in [1.54, 1.807) is 19.2 Å². The van der Waals surface area contributed by atoms with Crippen molar-refractivity contribution in [2.75, 3.05) is 0 Å². The number of nitrogens with zero attached hydrogens (tertiary/aromatic N) is 2. The van der Waals surface area contributed by atoms with Gasteiger partial charge in [-0.1, -0.05) is 18.7 Å². The first-order valence-electron chi connectivity index (χ1n) is 5.79. The summed E-state index contributed by atoms with van der Waals surface area (Å²) >= 11 is 0. The smallest absolute Gasteiger partial charge is 0.246 e. The fourth-order valence-electron chi connectivity index (χ4n) is 1.57. The molecule has 1 N–H and O–H groups in total. The number of rotatable bonds is 7. The third kappa shape index (κ3) is 3.45. The van der Waals surface area contributed by atoms with Crippen LogP contribution < -0.4 is 5.32 Å². The maximum absolute atomic E-state index is 11.4. The van der Waals surface area contributed by atoms with Crippen molar-refractivity contribution in [3.8, 4) is 0 Å². The monoisotopic (exact) mass is 245 g/mol. The lowest BCUT2D eigenvalue weighted by molar-refractivity contribution is -0.117. The Bertz CT molecular complexity index is 471. The highest BCUT2D eigenvalue weighted by Gasteiger charge is 2.09. The third-order valence-corrected chi connectivity index (χ3v) is 2.48. The SMILES string of the molecule is C=CCc1cnc(CNC(=O)C(=C)C)n1CC=C. The van der Waals surface area contributed by atoms with Gasteiger partial charge < -0.3 is 9.88 Å². The van der Waals surface area contributed by atoms with Crippen LogP contribution in [-0.4, -0.2) is 15.5 Å². The van der Waals surface area contributed by atoms with Gasteiger partial charge in [-0.3, -0.25) is 4.79 Å². The van der Waals surface area contributed by atoms with Crippen molar-refractivity contribution in [2.45, 2.75) is 26.4 Å². The van der Waals surface area contributed by atoms with E-state index in [0.29, 0.717) is 18.7 Å². The van der Waals surface area contributed by atoms with Crippen LogP contribution in [0.4, 0.5) is 0 Å². The summed E-state index contributed by atoms with van der Waals surface area (Å²) in [6, 6.07) is 0. The summed E-state index contributed by atoms with van der Waals surface area (Å²) < 4.78 is 2.02. The largest absolute Gasteiger partial charge is 0.345 e. The number of carbonyl (C=O) groups excluding carboxylic acids is 1. The van der Waals surface area contributed by atoms with Crippen LogP contribution in [0.3, 0.4) is 0 Å². The van der Waals surface area contributed by atoms with Crippen LogP contribution in [-0.2, 0) is 24.3 Å². The van der Waals surface area contributed by atoms with Gasteiger partial charge in [-0.05, 0) is 6.92 Å². The highest BCUT2D eigenvalue weighted by atomic mass is 16.1. The summed E-state index contributed by atoms with van der Waals surface area (Å²) in [4.78, 5) is 15.7. The van der Waals surface area contributed by atoms with E-state index in [0.717, 1.165) is 17.9 Å². The first-order valence-corrected chi connectivity index (χ1v) is 5.79. The molecule has 0 saturated carbocycles. The minimum Gasteiger partial charge on any atom is -0.345 e. The molecule has 4 heteroatoms. The number of hydrogen-bond acceptors (Lipinski definition) is 2. The van der Waals surface area contributed by atoms with E-state index in [-0.39, 0.29) is 5.91 Å². The molecule has 0 aliphatic carbocycles. The Morgan fingerprint density at radius 2 is 2.22 bits per heavy atom. The number of nitrogens with one attached hydrogen (secondary N) is 1. The molecule has 0 atom stereocenters. The first-order chi connectivity index (χ1) is 8.60. The average molecular weight is 245 g/mol. The number of carbonyl (C=O) groups is 1. The van der Waals surface area contributed by atoms with Crippen LogP contribution in [0.25, 0.3) is 0 Å². The van der Waals surface area contributed by atoms with Gasteiger partial charge in [0.2, 0.25) is 5.91 Å². The number of imidazole rings is 1. The van der Waals surface area contributed by atoms with Crippen LogP contribution >= 0.6 is 0 Å². The zero-order chi connectivity index (χ0) is 13.5. The van der Waals surface area contributed by atoms with Crippen molar-refractivity contribution < 1.29 is 4.79 Å². The van der Waals surface area contributed by atoms with Gasteiger partial charge in [0.05, 0.1) is 6.54 Å². The Morgan fingerprint density at radius 3 is 2.78 bits per heavy atom. The maximum atomic E-state index is 11.4. The maximum Gasteiger partial charge on any atom is 0.246 e. The Labute approximate surface area is 108 Å². The molecule has 96 valence electrons. The lowest BCUT2D eigenvalue weighted by Crippen LogP contribution is -2.25. The third-order valence-electron chi connectivity index (χ3n) is 2.48. The number of amides is 1. The number of allylic oxidation sites excluding steroid dienone is 2. The lowest BCUT2D eigenvalue weighted by Gasteiger charge is -2.09. The van der Waals surface area contributed by atoms with E-state index in [1.165, 1.54) is 0 Å². The predicted molar refractivity (Wildman–Crippen MR) is 73.0 cm³/mol. The molecule has 0 saturated heterocycles. The van der Waals surface area contributed by atoms with Crippen LogP contribution in [0.1, 0.15) is 18.4 Å². The summed E-state index contributed by atoms with van der Waals surface area (Å²) in [6.45, 7) is 13.8. The van der Waals surface area contributed by atoms with Crippen molar-refractivity contribution in [3.05, 3.63) is 55.2 Å². The van der Waals surface area contributed by atoms with Crippen molar-refractivity contribution in [1.29, 1.82) is 0 Å². The average Bonchev–Trinajstić information content (AvgIpc) is 2.70. The summed E-state index contributed by atoms with van der Waals surface area (Å²) in [5, 5.41) is 2.77. The summed E-state index contributed by atoms with van der Waals surface area (Å²) in [6.07, 6.45) is 6.17. The van der Waals surface area contributed by atoms with Crippen LogP contribution in [0, 0.1) is 0 Å². The predicted octanol–water partition coefficient (Wildman–Crippen LogP) is 1.99. The fraction of sp³-hybridized carbons (Fsp3) is 0.286. The molecule has 0 radical (unpaired) electrons. The highest BCUT2D eigenvalue weighted by Crippen LogP contribution is 2.07. The van der Waals surface area contributed by atoms with Gasteiger partial charge in [0.15, 0.2) is 0 Å². The molecule has 0 aromatic carbocycles. The molecule has 0 bridgehead atoms. The molecule has 0 aliphatic rings. The molecule has 0 fully saturated rings. The molecule has 4 nitrogen and oxygen atoms in total. The molecule has 1 rings (SSSR count). The van der Waals surface area contributed by atoms with Crippen molar-refractivity contribution >= 4 is 5.91 Å². The Kier molecular flexibility index (Phi) is 5.11. The molecule has 1 aromatic heterocycles. The Balaban J connectivity index is 2.81.